The average molecular weight is 495 g/mol. The molecule has 1 aliphatic carbocycles. The molecule has 1 atom stereocenters. The van der Waals surface area contributed by atoms with Gasteiger partial charge in [-0.15, -0.1) is 23.1 Å². The van der Waals surface area contributed by atoms with E-state index in [4.69, 9.17) is 5.10 Å². The van der Waals surface area contributed by atoms with Crippen molar-refractivity contribution in [1.82, 2.24) is 15.1 Å². The van der Waals surface area contributed by atoms with Crippen LogP contribution in [0.5, 0.6) is 0 Å². The van der Waals surface area contributed by atoms with E-state index in [9.17, 15) is 9.59 Å². The lowest BCUT2D eigenvalue weighted by Gasteiger charge is -2.24. The van der Waals surface area contributed by atoms with Gasteiger partial charge in [-0.05, 0) is 43.3 Å². The number of fused-ring (bicyclic) bond motifs is 1. The summed E-state index contributed by atoms with van der Waals surface area (Å²) in [4.78, 5) is 29.3. The van der Waals surface area contributed by atoms with E-state index in [1.54, 1.807) is 28.0 Å². The van der Waals surface area contributed by atoms with Crippen molar-refractivity contribution in [2.45, 2.75) is 57.2 Å². The summed E-state index contributed by atoms with van der Waals surface area (Å²) in [6.07, 6.45) is 2.02. The molecule has 2 amide bonds. The zero-order valence-corrected chi connectivity index (χ0v) is 21.6. The van der Waals surface area contributed by atoms with Crippen LogP contribution in [0.25, 0.3) is 5.69 Å². The minimum absolute atomic E-state index is 0.00118. The standard InChI is InChI=1S/C26H30N4O2S2/c1-16-7-11-18(12-8-16)30-25-22(24(28-30)26(2,3)4)23(19-6-5-13-33-19)34-15-21(32)29(25)14-20(31)27-17-9-10-17/h5-8,11-13,17,23H,9-10,14-15H2,1-4H3,(H,27,31)/t23-/m0/s1. The van der Waals surface area contributed by atoms with E-state index in [1.807, 2.05) is 28.9 Å². The number of benzene rings is 1. The molecule has 8 heteroatoms. The highest BCUT2D eigenvalue weighted by molar-refractivity contribution is 8.00. The molecule has 3 aromatic rings. The van der Waals surface area contributed by atoms with Gasteiger partial charge in [0.15, 0.2) is 0 Å². The predicted molar refractivity (Wildman–Crippen MR) is 139 cm³/mol. The van der Waals surface area contributed by atoms with Crippen molar-refractivity contribution in [2.75, 3.05) is 17.2 Å². The summed E-state index contributed by atoms with van der Waals surface area (Å²) >= 11 is 3.32. The maximum Gasteiger partial charge on any atom is 0.240 e. The van der Waals surface area contributed by atoms with E-state index in [0.717, 1.165) is 35.3 Å². The normalized spacial score (nSPS) is 18.5. The second-order valence-electron chi connectivity index (χ2n) is 10.1. The van der Waals surface area contributed by atoms with Gasteiger partial charge in [-0.25, -0.2) is 4.68 Å². The molecular formula is C26H30N4O2S2. The highest BCUT2D eigenvalue weighted by atomic mass is 32.2. The first-order valence-corrected chi connectivity index (χ1v) is 13.6. The van der Waals surface area contributed by atoms with Crippen molar-refractivity contribution in [3.63, 3.8) is 0 Å². The number of nitrogens with zero attached hydrogens (tertiary/aromatic N) is 3. The summed E-state index contributed by atoms with van der Waals surface area (Å²) in [6, 6.07) is 12.6. The van der Waals surface area contributed by atoms with E-state index < -0.39 is 0 Å². The minimum atomic E-state index is -0.245. The first-order chi connectivity index (χ1) is 16.2. The van der Waals surface area contributed by atoms with E-state index in [2.05, 4.69) is 50.5 Å². The maximum atomic E-state index is 13.5. The van der Waals surface area contributed by atoms with E-state index >= 15 is 0 Å². The van der Waals surface area contributed by atoms with Gasteiger partial charge in [0.1, 0.15) is 12.4 Å². The molecule has 1 aromatic carbocycles. The molecule has 34 heavy (non-hydrogen) atoms. The lowest BCUT2D eigenvalue weighted by Crippen LogP contribution is -2.43. The SMILES string of the molecule is Cc1ccc(-n2nc(C(C)(C)C)c3c2N(CC(=O)NC2CC2)C(=O)CS[C@H]3c2cccs2)cc1. The third-order valence-corrected chi connectivity index (χ3v) is 8.45. The Hall–Kier alpha value is -2.58. The number of anilines is 1. The Kier molecular flexibility index (Phi) is 6.06. The van der Waals surface area contributed by atoms with Gasteiger partial charge < -0.3 is 5.32 Å². The molecule has 0 unspecified atom stereocenters. The molecule has 178 valence electrons. The van der Waals surface area contributed by atoms with Gasteiger partial charge in [0.2, 0.25) is 11.8 Å². The second-order valence-corrected chi connectivity index (χ2v) is 12.2. The molecule has 0 spiro atoms. The van der Waals surface area contributed by atoms with E-state index in [1.165, 1.54) is 4.88 Å². The summed E-state index contributed by atoms with van der Waals surface area (Å²) < 4.78 is 1.88. The Bertz CT molecular complexity index is 1200. The van der Waals surface area contributed by atoms with Crippen LogP contribution in [-0.2, 0) is 15.0 Å². The fourth-order valence-electron chi connectivity index (χ4n) is 4.25. The molecule has 1 aliphatic heterocycles. The van der Waals surface area contributed by atoms with Crippen molar-refractivity contribution >= 4 is 40.7 Å². The third-order valence-electron chi connectivity index (χ3n) is 6.12. The number of carbonyl (C=O) groups excluding carboxylic acids is 2. The van der Waals surface area contributed by atoms with Gasteiger partial charge in [0, 0.05) is 21.9 Å². The highest BCUT2D eigenvalue weighted by Gasteiger charge is 2.40. The summed E-state index contributed by atoms with van der Waals surface area (Å²) in [5, 5.41) is 10.2. The molecule has 6 nitrogen and oxygen atoms in total. The fourth-order valence-corrected chi connectivity index (χ4v) is 6.42. The zero-order chi connectivity index (χ0) is 24.0. The molecule has 1 fully saturated rings. The van der Waals surface area contributed by atoms with Gasteiger partial charge in [-0.2, -0.15) is 5.10 Å². The molecule has 0 bridgehead atoms. The van der Waals surface area contributed by atoms with Crippen molar-refractivity contribution in [1.29, 1.82) is 0 Å². The van der Waals surface area contributed by atoms with Gasteiger partial charge in [0.25, 0.3) is 0 Å². The Balaban J connectivity index is 1.73. The Morgan fingerprint density at radius 1 is 1.18 bits per heavy atom. The molecule has 2 aromatic heterocycles. The first kappa shape index (κ1) is 23.2. The Labute approximate surface area is 208 Å². The summed E-state index contributed by atoms with van der Waals surface area (Å²) in [5.74, 6) is 0.847. The second kappa shape index (κ2) is 8.89. The summed E-state index contributed by atoms with van der Waals surface area (Å²) in [5.41, 5.74) is 3.78. The highest BCUT2D eigenvalue weighted by Crippen LogP contribution is 2.49. The van der Waals surface area contributed by atoms with Crippen LogP contribution < -0.4 is 10.2 Å². The van der Waals surface area contributed by atoms with Crippen LogP contribution in [0.15, 0.2) is 41.8 Å². The van der Waals surface area contributed by atoms with Crippen LogP contribution in [0.3, 0.4) is 0 Å². The molecule has 0 saturated heterocycles. The van der Waals surface area contributed by atoms with Crippen LogP contribution in [-0.4, -0.2) is 39.9 Å². The Morgan fingerprint density at radius 2 is 1.91 bits per heavy atom. The quantitative estimate of drug-likeness (QED) is 0.543. The number of thiophene rings is 1. The first-order valence-electron chi connectivity index (χ1n) is 11.7. The van der Waals surface area contributed by atoms with Gasteiger partial charge in [-0.1, -0.05) is 44.5 Å². The maximum absolute atomic E-state index is 13.5. The Morgan fingerprint density at radius 3 is 2.53 bits per heavy atom. The van der Waals surface area contributed by atoms with Gasteiger partial charge in [-0.3, -0.25) is 14.5 Å². The zero-order valence-electron chi connectivity index (χ0n) is 20.0. The van der Waals surface area contributed by atoms with Crippen LogP contribution >= 0.6 is 23.1 Å². The van der Waals surface area contributed by atoms with Crippen LogP contribution in [0, 0.1) is 6.92 Å². The molecule has 1 saturated carbocycles. The molecule has 2 aliphatic rings. The molecule has 5 rings (SSSR count). The number of aryl methyl sites for hydroxylation is 1. The molecule has 3 heterocycles. The number of carbonyl (C=O) groups is 2. The van der Waals surface area contributed by atoms with Crippen LogP contribution in [0.2, 0.25) is 0 Å². The predicted octanol–water partition coefficient (Wildman–Crippen LogP) is 4.99. The molecule has 1 N–H and O–H groups in total. The van der Waals surface area contributed by atoms with Crippen molar-refractivity contribution < 1.29 is 9.59 Å². The topological polar surface area (TPSA) is 67.2 Å². The number of nitrogens with one attached hydrogen (secondary N) is 1. The fraction of sp³-hybridized carbons (Fsp3) is 0.423. The number of hydrogen-bond acceptors (Lipinski definition) is 5. The number of amides is 2. The number of thioether (sulfide) groups is 1. The summed E-state index contributed by atoms with van der Waals surface area (Å²) in [6.45, 7) is 8.52. The number of rotatable bonds is 5. The van der Waals surface area contributed by atoms with Crippen LogP contribution in [0.4, 0.5) is 5.82 Å². The monoisotopic (exact) mass is 494 g/mol. The smallest absolute Gasteiger partial charge is 0.240 e. The van der Waals surface area contributed by atoms with Crippen molar-refractivity contribution in [2.24, 2.45) is 0 Å². The average Bonchev–Trinajstić information content (AvgIpc) is 3.30. The largest absolute Gasteiger partial charge is 0.352 e. The van der Waals surface area contributed by atoms with E-state index in [-0.39, 0.29) is 35.1 Å². The van der Waals surface area contributed by atoms with Crippen LogP contribution in [0.1, 0.15) is 60.6 Å². The van der Waals surface area contributed by atoms with Crippen molar-refractivity contribution in [3.05, 3.63) is 63.5 Å². The summed E-state index contributed by atoms with van der Waals surface area (Å²) in [7, 11) is 0. The van der Waals surface area contributed by atoms with Gasteiger partial charge >= 0.3 is 0 Å². The minimum Gasteiger partial charge on any atom is -0.352 e. The van der Waals surface area contributed by atoms with Gasteiger partial charge in [0.05, 0.1) is 22.4 Å². The molecule has 0 radical (unpaired) electrons. The van der Waals surface area contributed by atoms with E-state index in [0.29, 0.717) is 11.6 Å². The lowest BCUT2D eigenvalue weighted by atomic mass is 9.88. The number of hydrogen-bond donors (Lipinski definition) is 1. The number of aromatic nitrogens is 2. The molecular weight excluding hydrogens is 464 g/mol. The lowest BCUT2D eigenvalue weighted by molar-refractivity contribution is -0.123. The third kappa shape index (κ3) is 4.53. The van der Waals surface area contributed by atoms with Crippen molar-refractivity contribution in [3.8, 4) is 5.69 Å².